The fourth-order valence-electron chi connectivity index (χ4n) is 4.59. The third-order valence-corrected chi connectivity index (χ3v) is 8.83. The third kappa shape index (κ3) is 4.40. The van der Waals surface area contributed by atoms with Crippen LogP contribution < -0.4 is 15.0 Å². The Morgan fingerprint density at radius 2 is 1.88 bits per heavy atom. The highest BCUT2D eigenvalue weighted by Gasteiger charge is 2.37. The number of hydrogen-bond acceptors (Lipinski definition) is 6. The van der Waals surface area contributed by atoms with Gasteiger partial charge in [-0.15, -0.1) is 11.3 Å². The van der Waals surface area contributed by atoms with Crippen LogP contribution in [0.4, 0.5) is 5.69 Å². The topological polar surface area (TPSA) is 97.7 Å². The van der Waals surface area contributed by atoms with Crippen molar-refractivity contribution in [2.45, 2.75) is 23.1 Å². The Labute approximate surface area is 195 Å². The summed E-state index contributed by atoms with van der Waals surface area (Å²) in [5.41, 5.74) is 0.516. The van der Waals surface area contributed by atoms with Crippen molar-refractivity contribution in [1.82, 2.24) is 9.47 Å². The van der Waals surface area contributed by atoms with Crippen molar-refractivity contribution in [3.8, 4) is 5.75 Å². The lowest BCUT2D eigenvalue weighted by Crippen LogP contribution is -2.50. The molecule has 0 spiro atoms. The molecule has 0 saturated carbocycles. The largest absolute Gasteiger partial charge is 0.484 e. The zero-order chi connectivity index (χ0) is 23.0. The minimum atomic E-state index is -3.80. The zero-order valence-corrected chi connectivity index (χ0v) is 19.3. The van der Waals surface area contributed by atoms with Crippen molar-refractivity contribution >= 4 is 33.0 Å². The van der Waals surface area contributed by atoms with E-state index in [0.717, 1.165) is 23.5 Å². The van der Waals surface area contributed by atoms with Crippen molar-refractivity contribution in [3.63, 3.8) is 0 Å². The molecule has 1 N–H and O–H groups in total. The van der Waals surface area contributed by atoms with Gasteiger partial charge in [0.15, 0.2) is 6.61 Å². The molecule has 4 heterocycles. The SMILES string of the molecule is O=C(COc1ccccc1)N1C[C@H]2C[C@H](C1)c1ccc(NS(=O)(=O)c3cccs3)c(=O)n1C2. The molecule has 172 valence electrons. The molecule has 1 fully saturated rings. The number of benzene rings is 1. The molecule has 2 bridgehead atoms. The summed E-state index contributed by atoms with van der Waals surface area (Å²) in [5, 5.41) is 1.67. The van der Waals surface area contributed by atoms with Gasteiger partial charge in [-0.05, 0) is 48.1 Å². The molecule has 1 amide bonds. The number of aromatic nitrogens is 1. The van der Waals surface area contributed by atoms with E-state index in [2.05, 4.69) is 4.72 Å². The van der Waals surface area contributed by atoms with Crippen LogP contribution in [0.5, 0.6) is 5.75 Å². The lowest BCUT2D eigenvalue weighted by molar-refractivity contribution is -0.136. The number of nitrogens with one attached hydrogen (secondary N) is 1. The zero-order valence-electron chi connectivity index (χ0n) is 17.7. The van der Waals surface area contributed by atoms with Crippen LogP contribution in [0.2, 0.25) is 0 Å². The lowest BCUT2D eigenvalue weighted by atomic mass is 9.83. The quantitative estimate of drug-likeness (QED) is 0.579. The molecule has 10 heteroatoms. The van der Waals surface area contributed by atoms with Crippen molar-refractivity contribution in [3.05, 3.63) is 76.0 Å². The van der Waals surface area contributed by atoms with Gasteiger partial charge in [0.1, 0.15) is 15.6 Å². The molecule has 33 heavy (non-hydrogen) atoms. The van der Waals surface area contributed by atoms with E-state index in [9.17, 15) is 18.0 Å². The standard InChI is InChI=1S/C23H23N3O5S2/c27-21(15-31-18-5-2-1-3-6-18)25-12-16-11-17(14-25)20-9-8-19(23(28)26(20)13-16)24-33(29,30)22-7-4-10-32-22/h1-10,16-17,24H,11-15H2/t16-,17-/m1/s1. The van der Waals surface area contributed by atoms with E-state index in [1.807, 2.05) is 35.2 Å². The fourth-order valence-corrected chi connectivity index (χ4v) is 6.64. The summed E-state index contributed by atoms with van der Waals surface area (Å²) < 4.78 is 35.0. The van der Waals surface area contributed by atoms with Crippen LogP contribution in [0, 0.1) is 5.92 Å². The summed E-state index contributed by atoms with van der Waals surface area (Å²) in [4.78, 5) is 27.7. The van der Waals surface area contributed by atoms with Gasteiger partial charge >= 0.3 is 0 Å². The van der Waals surface area contributed by atoms with Gasteiger partial charge < -0.3 is 14.2 Å². The van der Waals surface area contributed by atoms with Crippen LogP contribution in [0.1, 0.15) is 18.0 Å². The van der Waals surface area contributed by atoms with Gasteiger partial charge in [-0.1, -0.05) is 24.3 Å². The Bertz CT molecular complexity index is 1320. The highest BCUT2D eigenvalue weighted by Crippen LogP contribution is 2.35. The molecular formula is C23H23N3O5S2. The average molecular weight is 486 g/mol. The summed E-state index contributed by atoms with van der Waals surface area (Å²) in [6.07, 6.45) is 0.892. The molecule has 8 nitrogen and oxygen atoms in total. The van der Waals surface area contributed by atoms with Crippen LogP contribution in [-0.2, 0) is 21.4 Å². The Morgan fingerprint density at radius 1 is 1.06 bits per heavy atom. The van der Waals surface area contributed by atoms with Crippen LogP contribution in [0.25, 0.3) is 0 Å². The average Bonchev–Trinajstić information content (AvgIpc) is 3.36. The monoisotopic (exact) mass is 485 g/mol. The van der Waals surface area contributed by atoms with Crippen LogP contribution in [-0.4, -0.2) is 43.5 Å². The van der Waals surface area contributed by atoms with Gasteiger partial charge in [-0.2, -0.15) is 0 Å². The predicted molar refractivity (Wildman–Crippen MR) is 125 cm³/mol. The smallest absolute Gasteiger partial charge is 0.275 e. The van der Waals surface area contributed by atoms with Gasteiger partial charge in [-0.3, -0.25) is 14.3 Å². The number of sulfonamides is 1. The molecule has 0 unspecified atom stereocenters. The third-order valence-electron chi connectivity index (χ3n) is 6.07. The number of pyridine rings is 1. The molecule has 2 atom stereocenters. The van der Waals surface area contributed by atoms with E-state index < -0.39 is 10.0 Å². The number of anilines is 1. The number of nitrogens with zero attached hydrogens (tertiary/aromatic N) is 2. The molecule has 2 aliphatic rings. The number of carbonyl (C=O) groups is 1. The first-order valence-electron chi connectivity index (χ1n) is 10.7. The molecule has 2 aliphatic heterocycles. The Hall–Kier alpha value is -3.11. The van der Waals surface area contributed by atoms with Crippen LogP contribution in [0.15, 0.2) is 69.0 Å². The summed E-state index contributed by atoms with van der Waals surface area (Å²) in [6, 6.07) is 15.7. The number of piperidine rings is 1. The molecule has 5 rings (SSSR count). The predicted octanol–water partition coefficient (Wildman–Crippen LogP) is 2.74. The minimum Gasteiger partial charge on any atom is -0.484 e. The lowest BCUT2D eigenvalue weighted by Gasteiger charge is -2.42. The molecule has 0 radical (unpaired) electrons. The number of fused-ring (bicyclic) bond motifs is 4. The second kappa shape index (κ2) is 8.68. The van der Waals surface area contributed by atoms with Crippen molar-refractivity contribution < 1.29 is 17.9 Å². The summed E-state index contributed by atoms with van der Waals surface area (Å²) >= 11 is 1.10. The Balaban J connectivity index is 1.32. The van der Waals surface area contributed by atoms with Crippen molar-refractivity contribution in [2.75, 3.05) is 24.4 Å². The number of carbonyl (C=O) groups excluding carboxylic acids is 1. The molecule has 2 aromatic heterocycles. The molecule has 1 aromatic carbocycles. The molecule has 0 aliphatic carbocycles. The van der Waals surface area contributed by atoms with Gasteiger partial charge in [-0.25, -0.2) is 8.42 Å². The normalized spacial score (nSPS) is 19.6. The minimum absolute atomic E-state index is 0.0221. The number of hydrogen-bond donors (Lipinski definition) is 1. The van der Waals surface area contributed by atoms with Gasteiger partial charge in [0.25, 0.3) is 21.5 Å². The first kappa shape index (κ1) is 21.7. The van der Waals surface area contributed by atoms with Gasteiger partial charge in [0, 0.05) is 31.2 Å². The highest BCUT2D eigenvalue weighted by atomic mass is 32.2. The Kier molecular flexibility index (Phi) is 5.71. The van der Waals surface area contributed by atoms with Crippen molar-refractivity contribution in [1.29, 1.82) is 0 Å². The first-order valence-corrected chi connectivity index (χ1v) is 13.0. The summed E-state index contributed by atoms with van der Waals surface area (Å²) in [7, 11) is -3.80. The Morgan fingerprint density at radius 3 is 2.64 bits per heavy atom. The maximum absolute atomic E-state index is 13.1. The number of amides is 1. The number of para-hydroxylation sites is 1. The maximum atomic E-state index is 13.1. The highest BCUT2D eigenvalue weighted by molar-refractivity contribution is 7.94. The van der Waals surface area contributed by atoms with E-state index >= 15 is 0 Å². The van der Waals surface area contributed by atoms with Crippen molar-refractivity contribution in [2.24, 2.45) is 5.92 Å². The van der Waals surface area contributed by atoms with Crippen LogP contribution in [0.3, 0.4) is 0 Å². The van der Waals surface area contributed by atoms with E-state index in [1.54, 1.807) is 22.1 Å². The van der Waals surface area contributed by atoms with Gasteiger partial charge in [0.05, 0.1) is 0 Å². The number of rotatable bonds is 6. The molecule has 3 aromatic rings. The first-order chi connectivity index (χ1) is 15.9. The summed E-state index contributed by atoms with van der Waals surface area (Å²) in [5.74, 6) is 0.717. The fraction of sp³-hybridized carbons (Fsp3) is 0.304. The van der Waals surface area contributed by atoms with Crippen LogP contribution >= 0.6 is 11.3 Å². The summed E-state index contributed by atoms with van der Waals surface area (Å²) in [6.45, 7) is 1.47. The van der Waals surface area contributed by atoms with Gasteiger partial charge in [0.2, 0.25) is 0 Å². The maximum Gasteiger partial charge on any atom is 0.275 e. The molecule has 1 saturated heterocycles. The number of ether oxygens (including phenoxy) is 1. The van der Waals surface area contributed by atoms with E-state index in [0.29, 0.717) is 25.4 Å². The van der Waals surface area contributed by atoms with E-state index in [1.165, 1.54) is 12.1 Å². The van der Waals surface area contributed by atoms with E-state index in [4.69, 9.17) is 4.74 Å². The molecular weight excluding hydrogens is 462 g/mol. The second-order valence-electron chi connectivity index (χ2n) is 8.32. The second-order valence-corrected chi connectivity index (χ2v) is 11.2. The number of thiophene rings is 1. The number of likely N-dealkylation sites (tertiary alicyclic amines) is 1. The van der Waals surface area contributed by atoms with E-state index in [-0.39, 0.29) is 39.8 Å².